The molecule has 25 heavy (non-hydrogen) atoms. The van der Waals surface area contributed by atoms with Gasteiger partial charge in [0.05, 0.1) is 6.61 Å². The maximum atomic E-state index is 11.8. The van der Waals surface area contributed by atoms with Gasteiger partial charge in [0.2, 0.25) is 5.91 Å². The molecule has 0 aromatic heterocycles. The maximum Gasteiger partial charge on any atom is 0.220 e. The Morgan fingerprint density at radius 1 is 0.920 bits per heavy atom. The standard InChI is InChI=1S/C21H27NO2S/c23-21(22-15-8-18-25-20-11-5-2-6-12-20)13-7-16-24-17-14-19-9-3-1-4-10-19/h1-6,9-12H,7-8,13-18H2,(H,22,23). The highest BCUT2D eigenvalue weighted by molar-refractivity contribution is 7.99. The van der Waals surface area contributed by atoms with Crippen molar-refractivity contribution in [2.24, 2.45) is 0 Å². The lowest BCUT2D eigenvalue weighted by Crippen LogP contribution is -2.24. The second-order valence-corrected chi connectivity index (χ2v) is 6.98. The van der Waals surface area contributed by atoms with E-state index >= 15 is 0 Å². The summed E-state index contributed by atoms with van der Waals surface area (Å²) >= 11 is 1.83. The van der Waals surface area contributed by atoms with Crippen molar-refractivity contribution in [2.75, 3.05) is 25.5 Å². The molecule has 0 fully saturated rings. The van der Waals surface area contributed by atoms with Crippen molar-refractivity contribution in [2.45, 2.75) is 30.6 Å². The molecule has 2 aromatic rings. The number of amides is 1. The van der Waals surface area contributed by atoms with Gasteiger partial charge in [-0.25, -0.2) is 0 Å². The minimum atomic E-state index is 0.122. The molecule has 3 nitrogen and oxygen atoms in total. The number of ether oxygens (including phenoxy) is 1. The summed E-state index contributed by atoms with van der Waals surface area (Å²) in [6.45, 7) is 2.10. The van der Waals surface area contributed by atoms with Crippen LogP contribution in [0.4, 0.5) is 0 Å². The van der Waals surface area contributed by atoms with E-state index in [-0.39, 0.29) is 5.91 Å². The van der Waals surface area contributed by atoms with Crippen molar-refractivity contribution >= 4 is 17.7 Å². The van der Waals surface area contributed by atoms with Gasteiger partial charge in [-0.3, -0.25) is 4.79 Å². The zero-order valence-corrected chi connectivity index (χ0v) is 15.5. The molecule has 0 bridgehead atoms. The van der Waals surface area contributed by atoms with E-state index in [1.807, 2.05) is 48.2 Å². The number of carbonyl (C=O) groups excluding carboxylic acids is 1. The number of benzene rings is 2. The minimum Gasteiger partial charge on any atom is -0.381 e. The molecule has 0 spiro atoms. The summed E-state index contributed by atoms with van der Waals surface area (Å²) in [7, 11) is 0. The molecular formula is C21H27NO2S. The molecule has 0 unspecified atom stereocenters. The van der Waals surface area contributed by atoms with Gasteiger partial charge in [-0.05, 0) is 42.7 Å². The first kappa shape index (κ1) is 19.5. The van der Waals surface area contributed by atoms with Crippen molar-refractivity contribution < 1.29 is 9.53 Å². The van der Waals surface area contributed by atoms with Crippen LogP contribution in [0.25, 0.3) is 0 Å². The van der Waals surface area contributed by atoms with E-state index in [2.05, 4.69) is 29.6 Å². The second kappa shape index (κ2) is 12.6. The van der Waals surface area contributed by atoms with Gasteiger partial charge in [-0.2, -0.15) is 0 Å². The maximum absolute atomic E-state index is 11.8. The SMILES string of the molecule is O=C(CCCOCCc1ccccc1)NCCCSc1ccccc1. The lowest BCUT2D eigenvalue weighted by Gasteiger charge is -2.06. The van der Waals surface area contributed by atoms with Crippen LogP contribution in [-0.4, -0.2) is 31.4 Å². The molecule has 0 saturated carbocycles. The highest BCUT2D eigenvalue weighted by Crippen LogP contribution is 2.17. The van der Waals surface area contributed by atoms with Crippen LogP contribution < -0.4 is 5.32 Å². The lowest BCUT2D eigenvalue weighted by atomic mass is 10.2. The molecule has 0 aliphatic rings. The van der Waals surface area contributed by atoms with Crippen LogP contribution in [0.1, 0.15) is 24.8 Å². The van der Waals surface area contributed by atoms with Gasteiger partial charge in [-0.1, -0.05) is 48.5 Å². The zero-order valence-electron chi connectivity index (χ0n) is 14.7. The van der Waals surface area contributed by atoms with E-state index in [1.165, 1.54) is 10.5 Å². The Bertz CT molecular complexity index is 589. The molecule has 0 aliphatic carbocycles. The number of nitrogens with one attached hydrogen (secondary N) is 1. The molecule has 4 heteroatoms. The highest BCUT2D eigenvalue weighted by Gasteiger charge is 2.01. The lowest BCUT2D eigenvalue weighted by molar-refractivity contribution is -0.121. The van der Waals surface area contributed by atoms with Gasteiger partial charge in [0.15, 0.2) is 0 Å². The monoisotopic (exact) mass is 357 g/mol. The Balaban J connectivity index is 1.39. The second-order valence-electron chi connectivity index (χ2n) is 5.82. The van der Waals surface area contributed by atoms with Crippen molar-refractivity contribution in [3.05, 3.63) is 66.2 Å². The first-order chi connectivity index (χ1) is 12.3. The topological polar surface area (TPSA) is 38.3 Å². The van der Waals surface area contributed by atoms with Crippen LogP contribution in [0.2, 0.25) is 0 Å². The quantitative estimate of drug-likeness (QED) is 0.454. The van der Waals surface area contributed by atoms with E-state index in [9.17, 15) is 4.79 Å². The van der Waals surface area contributed by atoms with Crippen LogP contribution in [0.5, 0.6) is 0 Å². The van der Waals surface area contributed by atoms with E-state index in [1.54, 1.807) is 0 Å². The van der Waals surface area contributed by atoms with Gasteiger partial charge >= 0.3 is 0 Å². The minimum absolute atomic E-state index is 0.122. The number of thioether (sulfide) groups is 1. The van der Waals surface area contributed by atoms with E-state index in [0.717, 1.165) is 31.6 Å². The fourth-order valence-corrected chi connectivity index (χ4v) is 3.24. The third kappa shape index (κ3) is 9.32. The van der Waals surface area contributed by atoms with Crippen molar-refractivity contribution in [1.29, 1.82) is 0 Å². The smallest absolute Gasteiger partial charge is 0.220 e. The average molecular weight is 358 g/mol. The molecule has 0 aliphatic heterocycles. The van der Waals surface area contributed by atoms with Gasteiger partial charge in [0.1, 0.15) is 0 Å². The van der Waals surface area contributed by atoms with E-state index in [4.69, 9.17) is 4.74 Å². The summed E-state index contributed by atoms with van der Waals surface area (Å²) in [5, 5.41) is 2.98. The summed E-state index contributed by atoms with van der Waals surface area (Å²) in [6, 6.07) is 20.6. The van der Waals surface area contributed by atoms with Gasteiger partial charge in [0.25, 0.3) is 0 Å². The van der Waals surface area contributed by atoms with Crippen LogP contribution >= 0.6 is 11.8 Å². The Morgan fingerprint density at radius 3 is 2.40 bits per heavy atom. The number of rotatable bonds is 12. The molecule has 0 atom stereocenters. The Kier molecular flexibility index (Phi) is 9.82. The normalized spacial score (nSPS) is 10.6. The molecule has 0 radical (unpaired) electrons. The zero-order chi connectivity index (χ0) is 17.6. The van der Waals surface area contributed by atoms with E-state index in [0.29, 0.717) is 19.6 Å². The summed E-state index contributed by atoms with van der Waals surface area (Å²) in [4.78, 5) is 13.0. The first-order valence-electron chi connectivity index (χ1n) is 8.91. The van der Waals surface area contributed by atoms with Gasteiger partial charge < -0.3 is 10.1 Å². The predicted octanol–water partition coefficient (Wildman–Crippen LogP) is 4.32. The van der Waals surface area contributed by atoms with Crippen LogP contribution in [-0.2, 0) is 16.0 Å². The Hall–Kier alpha value is -1.78. The summed E-state index contributed by atoms with van der Waals surface area (Å²) in [5.41, 5.74) is 1.29. The largest absolute Gasteiger partial charge is 0.381 e. The Morgan fingerprint density at radius 2 is 1.64 bits per heavy atom. The molecule has 0 heterocycles. The number of carbonyl (C=O) groups is 1. The summed E-state index contributed by atoms with van der Waals surface area (Å²) < 4.78 is 5.60. The van der Waals surface area contributed by atoms with Crippen molar-refractivity contribution in [3.8, 4) is 0 Å². The highest BCUT2D eigenvalue weighted by atomic mass is 32.2. The molecule has 0 saturated heterocycles. The number of hydrogen-bond donors (Lipinski definition) is 1. The first-order valence-corrected chi connectivity index (χ1v) is 9.89. The molecular weight excluding hydrogens is 330 g/mol. The molecule has 2 aromatic carbocycles. The third-order valence-corrected chi connectivity index (χ3v) is 4.82. The van der Waals surface area contributed by atoms with Gasteiger partial charge in [-0.15, -0.1) is 11.8 Å². The summed E-state index contributed by atoms with van der Waals surface area (Å²) in [6.07, 6.45) is 3.22. The molecule has 1 N–H and O–H groups in total. The number of hydrogen-bond acceptors (Lipinski definition) is 3. The Labute approximate surface area is 155 Å². The summed E-state index contributed by atoms with van der Waals surface area (Å²) in [5.74, 6) is 1.14. The predicted molar refractivity (Wildman–Crippen MR) is 105 cm³/mol. The average Bonchev–Trinajstić information content (AvgIpc) is 2.66. The van der Waals surface area contributed by atoms with Crippen LogP contribution in [0.3, 0.4) is 0 Å². The molecule has 134 valence electrons. The van der Waals surface area contributed by atoms with Crippen molar-refractivity contribution in [1.82, 2.24) is 5.32 Å². The van der Waals surface area contributed by atoms with E-state index < -0.39 is 0 Å². The molecule has 2 rings (SSSR count). The fourth-order valence-electron chi connectivity index (χ4n) is 2.37. The fraction of sp³-hybridized carbons (Fsp3) is 0.381. The van der Waals surface area contributed by atoms with Crippen LogP contribution in [0, 0.1) is 0 Å². The van der Waals surface area contributed by atoms with Crippen molar-refractivity contribution in [3.63, 3.8) is 0 Å². The van der Waals surface area contributed by atoms with Gasteiger partial charge in [0, 0.05) is 24.5 Å². The van der Waals surface area contributed by atoms with Crippen LogP contribution in [0.15, 0.2) is 65.6 Å². The molecule has 1 amide bonds. The third-order valence-electron chi connectivity index (χ3n) is 3.73.